The second-order valence-electron chi connectivity index (χ2n) is 9.03. The fourth-order valence-corrected chi connectivity index (χ4v) is 3.88. The average molecular weight is 438 g/mol. The lowest BCUT2D eigenvalue weighted by Crippen LogP contribution is -2.41. The molecule has 1 N–H and O–H groups in total. The molecule has 7 nitrogen and oxygen atoms in total. The normalized spacial score (nSPS) is 18.0. The molecule has 0 bridgehead atoms. The van der Waals surface area contributed by atoms with Crippen LogP contribution in [0.15, 0.2) is 36.4 Å². The van der Waals surface area contributed by atoms with Crippen molar-refractivity contribution in [2.75, 3.05) is 30.1 Å². The SMILES string of the molecule is CCN(CC)c1ccc(C(=O)Nc2ccc(B3OC(C)(C)C(C)(C)O3)c3c2OCO3)cc1. The van der Waals surface area contributed by atoms with Crippen LogP contribution in [0.5, 0.6) is 11.5 Å². The van der Waals surface area contributed by atoms with Crippen LogP contribution in [-0.4, -0.2) is 44.1 Å². The van der Waals surface area contributed by atoms with Crippen molar-refractivity contribution in [1.29, 1.82) is 0 Å². The Kier molecular flexibility index (Phi) is 5.86. The Hall–Kier alpha value is -2.71. The first-order valence-electron chi connectivity index (χ1n) is 11.1. The summed E-state index contributed by atoms with van der Waals surface area (Å²) >= 11 is 0. The number of carbonyl (C=O) groups excluding carboxylic acids is 1. The molecule has 32 heavy (non-hydrogen) atoms. The number of rotatable bonds is 6. The maximum atomic E-state index is 12.9. The molecule has 2 aliphatic rings. The Bertz CT molecular complexity index is 986. The lowest BCUT2D eigenvalue weighted by molar-refractivity contribution is 0.00578. The summed E-state index contributed by atoms with van der Waals surface area (Å²) in [5, 5.41) is 2.95. The van der Waals surface area contributed by atoms with Crippen molar-refractivity contribution in [3.63, 3.8) is 0 Å². The molecule has 8 heteroatoms. The highest BCUT2D eigenvalue weighted by molar-refractivity contribution is 6.63. The van der Waals surface area contributed by atoms with Crippen molar-refractivity contribution in [1.82, 2.24) is 0 Å². The van der Waals surface area contributed by atoms with Crippen LogP contribution in [0.4, 0.5) is 11.4 Å². The number of ether oxygens (including phenoxy) is 2. The minimum absolute atomic E-state index is 0.0767. The van der Waals surface area contributed by atoms with E-state index >= 15 is 0 Å². The van der Waals surface area contributed by atoms with Crippen LogP contribution in [-0.2, 0) is 9.31 Å². The highest BCUT2D eigenvalue weighted by atomic mass is 16.7. The van der Waals surface area contributed by atoms with Gasteiger partial charge < -0.3 is 29.0 Å². The van der Waals surface area contributed by atoms with Gasteiger partial charge >= 0.3 is 7.12 Å². The van der Waals surface area contributed by atoms with E-state index in [9.17, 15) is 4.79 Å². The first-order chi connectivity index (χ1) is 15.2. The molecule has 1 amide bonds. The number of hydrogen-bond acceptors (Lipinski definition) is 6. The van der Waals surface area contributed by atoms with Gasteiger partial charge in [0.05, 0.1) is 16.9 Å². The zero-order valence-electron chi connectivity index (χ0n) is 19.7. The number of hydrogen-bond donors (Lipinski definition) is 1. The van der Waals surface area contributed by atoms with Gasteiger partial charge in [0.1, 0.15) is 0 Å². The van der Waals surface area contributed by atoms with Crippen LogP contribution in [0.1, 0.15) is 51.9 Å². The monoisotopic (exact) mass is 438 g/mol. The van der Waals surface area contributed by atoms with Gasteiger partial charge in [-0.2, -0.15) is 0 Å². The van der Waals surface area contributed by atoms with Crippen molar-refractivity contribution in [3.05, 3.63) is 42.0 Å². The smallest absolute Gasteiger partial charge is 0.454 e. The molecule has 0 unspecified atom stereocenters. The van der Waals surface area contributed by atoms with Gasteiger partial charge in [-0.25, -0.2) is 0 Å². The number of fused-ring (bicyclic) bond motifs is 1. The van der Waals surface area contributed by atoms with Gasteiger partial charge in [-0.05, 0) is 71.9 Å². The van der Waals surface area contributed by atoms with E-state index in [-0.39, 0.29) is 12.7 Å². The van der Waals surface area contributed by atoms with Crippen molar-refractivity contribution < 1.29 is 23.6 Å². The zero-order valence-corrected chi connectivity index (χ0v) is 19.7. The number of nitrogens with zero attached hydrogens (tertiary/aromatic N) is 1. The fourth-order valence-electron chi connectivity index (χ4n) is 3.88. The summed E-state index contributed by atoms with van der Waals surface area (Å²) in [6.07, 6.45) is 0. The number of nitrogens with one attached hydrogen (secondary N) is 1. The van der Waals surface area contributed by atoms with E-state index in [2.05, 4.69) is 24.1 Å². The van der Waals surface area contributed by atoms with E-state index in [1.165, 1.54) is 0 Å². The second kappa shape index (κ2) is 8.33. The Morgan fingerprint density at radius 2 is 1.53 bits per heavy atom. The molecular weight excluding hydrogens is 407 g/mol. The standard InChI is InChI=1S/C24H31BN2O5/c1-7-27(8-2)17-11-9-16(10-12-17)22(28)26-19-14-13-18(20-21(19)30-15-29-20)25-31-23(3,4)24(5,6)32-25/h9-14H,7-8,15H2,1-6H3,(H,26,28). The van der Waals surface area contributed by atoms with Crippen molar-refractivity contribution >= 4 is 29.9 Å². The molecule has 0 radical (unpaired) electrons. The lowest BCUT2D eigenvalue weighted by Gasteiger charge is -2.32. The molecule has 170 valence electrons. The quantitative estimate of drug-likeness (QED) is 0.692. The van der Waals surface area contributed by atoms with Gasteiger partial charge in [0.2, 0.25) is 6.79 Å². The topological polar surface area (TPSA) is 69.3 Å². The average Bonchev–Trinajstić information content (AvgIpc) is 3.32. The number of benzene rings is 2. The zero-order chi connectivity index (χ0) is 23.1. The predicted molar refractivity (Wildman–Crippen MR) is 126 cm³/mol. The van der Waals surface area contributed by atoms with Crippen LogP contribution >= 0.6 is 0 Å². The lowest BCUT2D eigenvalue weighted by atomic mass is 9.78. The third kappa shape index (κ3) is 3.93. The Morgan fingerprint density at radius 3 is 2.12 bits per heavy atom. The van der Waals surface area contributed by atoms with Crippen LogP contribution in [0, 0.1) is 0 Å². The third-order valence-electron chi connectivity index (χ3n) is 6.56. The summed E-state index contributed by atoms with van der Waals surface area (Å²) in [6, 6.07) is 11.3. The van der Waals surface area contributed by atoms with Crippen molar-refractivity contribution in [2.24, 2.45) is 0 Å². The Morgan fingerprint density at radius 1 is 0.938 bits per heavy atom. The molecule has 0 saturated carbocycles. The molecule has 2 aliphatic heterocycles. The van der Waals surface area contributed by atoms with Gasteiger partial charge in [0.25, 0.3) is 5.91 Å². The molecular formula is C24H31BN2O5. The first kappa shape index (κ1) is 22.5. The molecule has 1 saturated heterocycles. The predicted octanol–water partition coefficient (Wildman–Crippen LogP) is 3.81. The summed E-state index contributed by atoms with van der Waals surface area (Å²) in [6.45, 7) is 14.2. The highest BCUT2D eigenvalue weighted by Gasteiger charge is 2.53. The van der Waals surface area contributed by atoms with Gasteiger partial charge in [-0.3, -0.25) is 4.79 Å². The van der Waals surface area contributed by atoms with Crippen LogP contribution in [0.2, 0.25) is 0 Å². The molecule has 2 aromatic carbocycles. The Labute approximate surface area is 190 Å². The summed E-state index contributed by atoms with van der Waals surface area (Å²) < 4.78 is 23.8. The minimum atomic E-state index is -0.576. The molecule has 0 spiro atoms. The van der Waals surface area contributed by atoms with Gasteiger partial charge in [-0.15, -0.1) is 0 Å². The van der Waals surface area contributed by atoms with E-state index in [1.54, 1.807) is 6.07 Å². The van der Waals surface area contributed by atoms with E-state index in [0.29, 0.717) is 22.7 Å². The minimum Gasteiger partial charge on any atom is -0.454 e. The molecule has 0 aliphatic carbocycles. The molecule has 2 heterocycles. The number of carbonyl (C=O) groups is 1. The van der Waals surface area contributed by atoms with E-state index in [0.717, 1.165) is 24.2 Å². The van der Waals surface area contributed by atoms with Crippen LogP contribution < -0.4 is 25.2 Å². The first-order valence-corrected chi connectivity index (χ1v) is 11.1. The largest absolute Gasteiger partial charge is 0.498 e. The summed E-state index contributed by atoms with van der Waals surface area (Å²) in [5.74, 6) is 0.820. The van der Waals surface area contributed by atoms with Gasteiger partial charge in [-0.1, -0.05) is 6.07 Å². The molecule has 4 rings (SSSR count). The fraction of sp³-hybridized carbons (Fsp3) is 0.458. The maximum absolute atomic E-state index is 12.9. The summed E-state index contributed by atoms with van der Waals surface area (Å²) in [7, 11) is -0.576. The van der Waals surface area contributed by atoms with Gasteiger partial charge in [0.15, 0.2) is 11.5 Å². The van der Waals surface area contributed by atoms with E-state index < -0.39 is 18.3 Å². The summed E-state index contributed by atoms with van der Waals surface area (Å²) in [4.78, 5) is 15.1. The number of anilines is 2. The number of amides is 1. The van der Waals surface area contributed by atoms with Gasteiger partial charge in [0, 0.05) is 29.8 Å². The van der Waals surface area contributed by atoms with Crippen LogP contribution in [0.25, 0.3) is 0 Å². The summed E-state index contributed by atoms with van der Waals surface area (Å²) in [5.41, 5.74) is 2.04. The maximum Gasteiger partial charge on any atom is 0.498 e. The van der Waals surface area contributed by atoms with E-state index in [1.807, 2.05) is 58.0 Å². The second-order valence-corrected chi connectivity index (χ2v) is 9.03. The third-order valence-corrected chi connectivity index (χ3v) is 6.56. The molecule has 0 atom stereocenters. The highest BCUT2D eigenvalue weighted by Crippen LogP contribution is 2.42. The van der Waals surface area contributed by atoms with Crippen molar-refractivity contribution in [3.8, 4) is 11.5 Å². The Balaban J connectivity index is 1.55. The molecule has 0 aromatic heterocycles. The molecule has 2 aromatic rings. The van der Waals surface area contributed by atoms with E-state index in [4.69, 9.17) is 18.8 Å². The van der Waals surface area contributed by atoms with Crippen LogP contribution in [0.3, 0.4) is 0 Å². The van der Waals surface area contributed by atoms with Crippen molar-refractivity contribution in [2.45, 2.75) is 52.7 Å². The molecule has 1 fully saturated rings.